The molecule has 1 aliphatic heterocycles. The molecular weight excluding hydrogens is 324 g/mol. The minimum absolute atomic E-state index is 0. The summed E-state index contributed by atoms with van der Waals surface area (Å²) in [5, 5.41) is 6.62. The molecule has 24 heavy (non-hydrogen) atoms. The quantitative estimate of drug-likeness (QED) is 0.763. The number of hydrogen-bond donors (Lipinski definition) is 2. The molecule has 2 aliphatic rings. The van der Waals surface area contributed by atoms with Crippen molar-refractivity contribution in [3.63, 3.8) is 0 Å². The summed E-state index contributed by atoms with van der Waals surface area (Å²) in [5.74, 6) is 1.51. The maximum atomic E-state index is 12.5. The highest BCUT2D eigenvalue weighted by molar-refractivity contribution is 5.85. The first kappa shape index (κ1) is 21.7. The standard InChI is InChI=1S/C19H36N2O2.ClH/c1-15-9-16(12-18(2,3)11-15)10-17(22)21-13-19(14-23-4)5-7-20-8-6-19;/h15-16,20H,5-14H2,1-4H3,(H,21,22);1H. The lowest BCUT2D eigenvalue weighted by Crippen LogP contribution is -2.47. The second-order valence-corrected chi connectivity index (χ2v) is 8.94. The predicted molar refractivity (Wildman–Crippen MR) is 102 cm³/mol. The van der Waals surface area contributed by atoms with Crippen molar-refractivity contribution >= 4 is 18.3 Å². The lowest BCUT2D eigenvalue weighted by molar-refractivity contribution is -0.123. The number of rotatable bonds is 6. The Morgan fingerprint density at radius 2 is 1.92 bits per heavy atom. The molecule has 0 aromatic heterocycles. The van der Waals surface area contributed by atoms with Gasteiger partial charge in [0.2, 0.25) is 5.91 Å². The zero-order chi connectivity index (χ0) is 16.9. The highest BCUT2D eigenvalue weighted by Crippen LogP contribution is 2.42. The fourth-order valence-electron chi connectivity index (χ4n) is 4.96. The van der Waals surface area contributed by atoms with E-state index < -0.39 is 0 Å². The van der Waals surface area contributed by atoms with Crippen molar-refractivity contribution in [1.82, 2.24) is 10.6 Å². The normalized spacial score (nSPS) is 28.7. The molecule has 2 unspecified atom stereocenters. The van der Waals surface area contributed by atoms with Crippen molar-refractivity contribution in [2.24, 2.45) is 22.7 Å². The van der Waals surface area contributed by atoms with Gasteiger partial charge in [-0.1, -0.05) is 20.8 Å². The molecule has 1 saturated heterocycles. The first-order valence-electron chi connectivity index (χ1n) is 9.31. The van der Waals surface area contributed by atoms with Crippen LogP contribution in [-0.4, -0.2) is 39.3 Å². The zero-order valence-corrected chi connectivity index (χ0v) is 16.8. The third-order valence-electron chi connectivity index (χ3n) is 5.73. The van der Waals surface area contributed by atoms with Crippen molar-refractivity contribution in [1.29, 1.82) is 0 Å². The Bertz CT molecular complexity index is 389. The number of halogens is 1. The van der Waals surface area contributed by atoms with Crippen LogP contribution in [0.2, 0.25) is 0 Å². The van der Waals surface area contributed by atoms with Gasteiger partial charge < -0.3 is 15.4 Å². The topological polar surface area (TPSA) is 50.4 Å². The molecule has 2 atom stereocenters. The monoisotopic (exact) mass is 360 g/mol. The fourth-order valence-corrected chi connectivity index (χ4v) is 4.96. The van der Waals surface area contributed by atoms with Crippen molar-refractivity contribution in [3.05, 3.63) is 0 Å². The molecule has 0 spiro atoms. The van der Waals surface area contributed by atoms with Gasteiger partial charge in [-0.2, -0.15) is 0 Å². The van der Waals surface area contributed by atoms with Gasteiger partial charge in [0.15, 0.2) is 0 Å². The third-order valence-corrected chi connectivity index (χ3v) is 5.73. The van der Waals surface area contributed by atoms with Crippen LogP contribution in [0.1, 0.15) is 59.3 Å². The van der Waals surface area contributed by atoms with Gasteiger partial charge in [-0.25, -0.2) is 0 Å². The van der Waals surface area contributed by atoms with E-state index in [0.717, 1.165) is 45.0 Å². The average Bonchev–Trinajstić information content (AvgIpc) is 2.44. The molecule has 0 bridgehead atoms. The number of carbonyl (C=O) groups is 1. The zero-order valence-electron chi connectivity index (χ0n) is 16.0. The molecule has 1 heterocycles. The lowest BCUT2D eigenvalue weighted by Gasteiger charge is -2.39. The van der Waals surface area contributed by atoms with Gasteiger partial charge in [0.05, 0.1) is 6.61 Å². The van der Waals surface area contributed by atoms with Crippen LogP contribution in [0.25, 0.3) is 0 Å². The molecule has 1 amide bonds. The number of ether oxygens (including phenoxy) is 1. The van der Waals surface area contributed by atoms with Crippen molar-refractivity contribution < 1.29 is 9.53 Å². The predicted octanol–water partition coefficient (Wildman–Crippen LogP) is 3.39. The first-order chi connectivity index (χ1) is 10.8. The second-order valence-electron chi connectivity index (χ2n) is 8.94. The van der Waals surface area contributed by atoms with E-state index >= 15 is 0 Å². The number of piperidine rings is 1. The third kappa shape index (κ3) is 6.53. The van der Waals surface area contributed by atoms with Gasteiger partial charge in [-0.3, -0.25) is 4.79 Å². The molecule has 2 rings (SSSR count). The van der Waals surface area contributed by atoms with Crippen LogP contribution in [-0.2, 0) is 9.53 Å². The molecule has 2 N–H and O–H groups in total. The molecule has 142 valence electrons. The van der Waals surface area contributed by atoms with Gasteiger partial charge >= 0.3 is 0 Å². The molecule has 0 aromatic rings. The number of hydrogen-bond acceptors (Lipinski definition) is 3. The van der Waals surface area contributed by atoms with Crippen LogP contribution in [0.3, 0.4) is 0 Å². The highest BCUT2D eigenvalue weighted by atomic mass is 35.5. The van der Waals surface area contributed by atoms with Gasteiger partial charge in [0.25, 0.3) is 0 Å². The van der Waals surface area contributed by atoms with Gasteiger partial charge in [0, 0.05) is 25.5 Å². The van der Waals surface area contributed by atoms with Gasteiger partial charge in [0.1, 0.15) is 0 Å². The second kappa shape index (κ2) is 9.40. The largest absolute Gasteiger partial charge is 0.384 e. The van der Waals surface area contributed by atoms with Gasteiger partial charge in [-0.15, -0.1) is 12.4 Å². The summed E-state index contributed by atoms with van der Waals surface area (Å²) in [6, 6.07) is 0. The molecule has 2 fully saturated rings. The SMILES string of the molecule is COCC1(CNC(=O)CC2CC(C)CC(C)(C)C2)CCNCC1.Cl. The molecule has 0 radical (unpaired) electrons. The smallest absolute Gasteiger partial charge is 0.220 e. The van der Waals surface area contributed by atoms with E-state index in [1.165, 1.54) is 19.3 Å². The maximum absolute atomic E-state index is 12.5. The number of amides is 1. The minimum atomic E-state index is 0. The van der Waals surface area contributed by atoms with E-state index in [2.05, 4.69) is 31.4 Å². The van der Waals surface area contributed by atoms with Crippen LogP contribution in [0.15, 0.2) is 0 Å². The average molecular weight is 361 g/mol. The fraction of sp³-hybridized carbons (Fsp3) is 0.947. The maximum Gasteiger partial charge on any atom is 0.220 e. The summed E-state index contributed by atoms with van der Waals surface area (Å²) in [6.45, 7) is 10.6. The van der Waals surface area contributed by atoms with E-state index in [-0.39, 0.29) is 23.7 Å². The van der Waals surface area contributed by atoms with E-state index in [4.69, 9.17) is 4.74 Å². The molecular formula is C19H37ClN2O2. The summed E-state index contributed by atoms with van der Waals surface area (Å²) < 4.78 is 5.43. The summed E-state index contributed by atoms with van der Waals surface area (Å²) in [5.41, 5.74) is 0.504. The van der Waals surface area contributed by atoms with E-state index in [9.17, 15) is 4.79 Å². The minimum Gasteiger partial charge on any atom is -0.384 e. The van der Waals surface area contributed by atoms with Crippen LogP contribution in [0.4, 0.5) is 0 Å². The van der Waals surface area contributed by atoms with Crippen molar-refractivity contribution in [3.8, 4) is 0 Å². The summed E-state index contributed by atoms with van der Waals surface area (Å²) in [6.07, 6.45) is 6.51. The Labute approximate surface area is 154 Å². The van der Waals surface area contributed by atoms with Crippen LogP contribution >= 0.6 is 12.4 Å². The number of methoxy groups -OCH3 is 1. The Hall–Kier alpha value is -0.320. The Kier molecular flexibility index (Phi) is 8.51. The molecule has 0 aromatic carbocycles. The van der Waals surface area contributed by atoms with Gasteiger partial charge in [-0.05, 0) is 62.4 Å². The lowest BCUT2D eigenvalue weighted by atomic mass is 9.67. The highest BCUT2D eigenvalue weighted by Gasteiger charge is 2.35. The van der Waals surface area contributed by atoms with E-state index in [0.29, 0.717) is 17.8 Å². The number of nitrogens with one attached hydrogen (secondary N) is 2. The molecule has 4 nitrogen and oxygen atoms in total. The van der Waals surface area contributed by atoms with Crippen LogP contribution in [0, 0.1) is 22.7 Å². The molecule has 1 saturated carbocycles. The van der Waals surface area contributed by atoms with E-state index in [1.54, 1.807) is 7.11 Å². The first-order valence-corrected chi connectivity index (χ1v) is 9.31. The Morgan fingerprint density at radius 1 is 1.25 bits per heavy atom. The Morgan fingerprint density at radius 3 is 2.50 bits per heavy atom. The summed E-state index contributed by atoms with van der Waals surface area (Å²) in [4.78, 5) is 12.5. The van der Waals surface area contributed by atoms with Crippen molar-refractivity contribution in [2.45, 2.75) is 59.3 Å². The summed E-state index contributed by atoms with van der Waals surface area (Å²) >= 11 is 0. The molecule has 5 heteroatoms. The number of carbonyl (C=O) groups excluding carboxylic acids is 1. The van der Waals surface area contributed by atoms with Crippen LogP contribution < -0.4 is 10.6 Å². The molecule has 1 aliphatic carbocycles. The Balaban J connectivity index is 0.00000288. The van der Waals surface area contributed by atoms with E-state index in [1.807, 2.05) is 0 Å². The summed E-state index contributed by atoms with van der Waals surface area (Å²) in [7, 11) is 1.76. The van der Waals surface area contributed by atoms with Crippen molar-refractivity contribution in [2.75, 3.05) is 33.4 Å². The van der Waals surface area contributed by atoms with Crippen LogP contribution in [0.5, 0.6) is 0 Å².